The molecule has 0 saturated carbocycles. The van der Waals surface area contributed by atoms with Crippen molar-refractivity contribution in [2.24, 2.45) is 5.92 Å². The van der Waals surface area contributed by atoms with Crippen LogP contribution < -0.4 is 0 Å². The van der Waals surface area contributed by atoms with Crippen LogP contribution in [0.4, 0.5) is 8.78 Å². The molecule has 2 atom stereocenters. The number of rotatable bonds is 3. The Bertz CT molecular complexity index is 1270. The molecule has 0 radical (unpaired) electrons. The third-order valence-corrected chi connectivity index (χ3v) is 5.97. The van der Waals surface area contributed by atoms with Gasteiger partial charge in [-0.2, -0.15) is 10.1 Å². The van der Waals surface area contributed by atoms with E-state index >= 15 is 0 Å². The molecule has 1 amide bonds. The van der Waals surface area contributed by atoms with Crippen molar-refractivity contribution in [3.63, 3.8) is 0 Å². The van der Waals surface area contributed by atoms with E-state index in [9.17, 15) is 13.6 Å². The fourth-order valence-corrected chi connectivity index (χ4v) is 4.22. The Balaban J connectivity index is 1.48. The minimum atomic E-state index is -2.71. The molecule has 0 aliphatic carbocycles. The van der Waals surface area contributed by atoms with Gasteiger partial charge in [0.05, 0.1) is 11.2 Å². The van der Waals surface area contributed by atoms with Crippen LogP contribution in [-0.4, -0.2) is 48.5 Å². The summed E-state index contributed by atoms with van der Waals surface area (Å²) >= 11 is 0. The first kappa shape index (κ1) is 19.5. The van der Waals surface area contributed by atoms with Gasteiger partial charge in [-0.15, -0.1) is 0 Å². The van der Waals surface area contributed by atoms with Crippen molar-refractivity contribution in [1.29, 1.82) is 0 Å². The van der Waals surface area contributed by atoms with Crippen LogP contribution in [0.3, 0.4) is 0 Å². The van der Waals surface area contributed by atoms with Crippen molar-refractivity contribution in [3.8, 4) is 0 Å². The van der Waals surface area contributed by atoms with Gasteiger partial charge in [-0.1, -0.05) is 31.2 Å². The van der Waals surface area contributed by atoms with Gasteiger partial charge in [0.2, 0.25) is 0 Å². The van der Waals surface area contributed by atoms with Crippen molar-refractivity contribution in [2.75, 3.05) is 13.1 Å². The van der Waals surface area contributed by atoms with Crippen molar-refractivity contribution in [2.45, 2.75) is 25.7 Å². The molecule has 1 aliphatic heterocycles. The minimum Gasteiger partial charge on any atom is -0.337 e. The Morgan fingerprint density at radius 1 is 1.16 bits per heavy atom. The van der Waals surface area contributed by atoms with Gasteiger partial charge in [0.15, 0.2) is 0 Å². The number of aromatic nitrogens is 5. The summed E-state index contributed by atoms with van der Waals surface area (Å²) < 4.78 is 28.3. The smallest absolute Gasteiger partial charge is 0.280 e. The number of likely N-dealkylation sites (tertiary alicyclic amines) is 1. The number of piperidine rings is 1. The van der Waals surface area contributed by atoms with E-state index in [1.54, 1.807) is 11.0 Å². The van der Waals surface area contributed by atoms with Crippen molar-refractivity contribution < 1.29 is 13.6 Å². The van der Waals surface area contributed by atoms with E-state index in [0.717, 1.165) is 17.3 Å². The van der Waals surface area contributed by atoms with E-state index in [1.165, 1.54) is 16.9 Å². The normalized spacial score (nSPS) is 19.4. The number of para-hydroxylation sites is 1. The van der Waals surface area contributed by atoms with Crippen LogP contribution in [0.1, 0.15) is 47.6 Å². The zero-order valence-electron chi connectivity index (χ0n) is 16.8. The van der Waals surface area contributed by atoms with Crippen molar-refractivity contribution in [1.82, 2.24) is 29.5 Å². The highest BCUT2D eigenvalue weighted by atomic mass is 19.3. The Kier molecular flexibility index (Phi) is 4.80. The molecular weight excluding hydrogens is 402 g/mol. The zero-order valence-corrected chi connectivity index (χ0v) is 16.8. The molecule has 31 heavy (non-hydrogen) atoms. The molecule has 9 heteroatoms. The number of amides is 1. The fourth-order valence-electron chi connectivity index (χ4n) is 4.22. The number of fused-ring (bicyclic) bond motifs is 2. The van der Waals surface area contributed by atoms with E-state index in [0.29, 0.717) is 24.5 Å². The molecule has 1 aliphatic rings. The molecule has 4 heterocycles. The lowest BCUT2D eigenvalue weighted by molar-refractivity contribution is 0.0660. The Morgan fingerprint density at radius 2 is 2.00 bits per heavy atom. The highest BCUT2D eigenvalue weighted by Gasteiger charge is 2.33. The van der Waals surface area contributed by atoms with Crippen LogP contribution in [0.15, 0.2) is 48.8 Å². The van der Waals surface area contributed by atoms with Gasteiger partial charge in [-0.3, -0.25) is 4.79 Å². The second-order valence-corrected chi connectivity index (χ2v) is 7.89. The first-order valence-corrected chi connectivity index (χ1v) is 10.1. The number of alkyl halides is 2. The van der Waals surface area contributed by atoms with Crippen LogP contribution in [-0.2, 0) is 0 Å². The average Bonchev–Trinajstić information content (AvgIpc) is 3.27. The first-order chi connectivity index (χ1) is 15.0. The quantitative estimate of drug-likeness (QED) is 0.501. The van der Waals surface area contributed by atoms with Gasteiger partial charge in [0.25, 0.3) is 18.1 Å². The maximum Gasteiger partial charge on any atom is 0.280 e. The number of carbonyl (C=O) groups excluding carboxylic acids is 1. The zero-order chi connectivity index (χ0) is 21.5. The van der Waals surface area contributed by atoms with Gasteiger partial charge >= 0.3 is 0 Å². The summed E-state index contributed by atoms with van der Waals surface area (Å²) in [5.74, 6) is -0.0305. The Hall–Kier alpha value is -3.49. The lowest BCUT2D eigenvalue weighted by Gasteiger charge is -2.37. The predicted octanol–water partition coefficient (Wildman–Crippen LogP) is 3.88. The van der Waals surface area contributed by atoms with E-state index in [1.807, 2.05) is 30.3 Å². The van der Waals surface area contributed by atoms with Crippen LogP contribution in [0.5, 0.6) is 0 Å². The number of hydrogen-bond donors (Lipinski definition) is 0. The number of hydrogen-bond acceptors (Lipinski definition) is 5. The standard InChI is InChI=1S/C22H20F2N6O/c1-13-8-9-29(21(31)17-7-6-14-4-2-3-5-16(14)27-17)11-15(13)19-10-18(20(23)24)28-22-25-12-26-30(19)22/h2-7,10,12-13,15,20H,8-9,11H2,1H3/t13-,15-/m1/s1. The largest absolute Gasteiger partial charge is 0.337 e. The Labute approximate surface area is 176 Å². The van der Waals surface area contributed by atoms with E-state index < -0.39 is 6.43 Å². The second kappa shape index (κ2) is 7.64. The molecule has 4 aromatic rings. The van der Waals surface area contributed by atoms with Crippen LogP contribution in [0, 0.1) is 5.92 Å². The van der Waals surface area contributed by atoms with E-state index in [2.05, 4.69) is 27.0 Å². The maximum absolute atomic E-state index is 13.4. The second-order valence-electron chi connectivity index (χ2n) is 7.89. The lowest BCUT2D eigenvalue weighted by Crippen LogP contribution is -2.43. The summed E-state index contributed by atoms with van der Waals surface area (Å²) in [7, 11) is 0. The predicted molar refractivity (Wildman–Crippen MR) is 110 cm³/mol. The molecule has 1 fully saturated rings. The number of halogens is 2. The SMILES string of the molecule is C[C@@H]1CCN(C(=O)c2ccc3ccccc3n2)C[C@H]1c1cc(C(F)F)nc2ncnn12. The van der Waals surface area contributed by atoms with Crippen molar-refractivity contribution >= 4 is 22.6 Å². The summed E-state index contributed by atoms with van der Waals surface area (Å²) in [6.07, 6.45) is -0.665. The number of benzene rings is 1. The van der Waals surface area contributed by atoms with Crippen molar-refractivity contribution in [3.05, 3.63) is 65.9 Å². The summed E-state index contributed by atoms with van der Waals surface area (Å²) in [4.78, 5) is 27.4. The molecule has 3 aromatic heterocycles. The molecule has 5 rings (SSSR count). The van der Waals surface area contributed by atoms with Crippen LogP contribution >= 0.6 is 0 Å². The highest BCUT2D eigenvalue weighted by molar-refractivity contribution is 5.95. The maximum atomic E-state index is 13.4. The summed E-state index contributed by atoms with van der Waals surface area (Å²) in [6, 6.07) is 12.6. The molecular formula is C22H20F2N6O. The number of carbonyl (C=O) groups is 1. The van der Waals surface area contributed by atoms with Crippen LogP contribution in [0.2, 0.25) is 0 Å². The van der Waals surface area contributed by atoms with Gasteiger partial charge < -0.3 is 4.90 Å². The average molecular weight is 422 g/mol. The lowest BCUT2D eigenvalue weighted by atomic mass is 9.84. The molecule has 7 nitrogen and oxygen atoms in total. The number of pyridine rings is 1. The third-order valence-electron chi connectivity index (χ3n) is 5.97. The summed E-state index contributed by atoms with van der Waals surface area (Å²) in [5, 5.41) is 5.14. The molecule has 158 valence electrons. The molecule has 1 aromatic carbocycles. The molecule has 0 unspecified atom stereocenters. The van der Waals surface area contributed by atoms with E-state index in [-0.39, 0.29) is 29.2 Å². The summed E-state index contributed by atoms with van der Waals surface area (Å²) in [5.41, 5.74) is 1.40. The third kappa shape index (κ3) is 3.49. The molecule has 1 saturated heterocycles. The fraction of sp³-hybridized carbons (Fsp3) is 0.318. The van der Waals surface area contributed by atoms with Gasteiger partial charge in [0, 0.05) is 24.4 Å². The monoisotopic (exact) mass is 422 g/mol. The topological polar surface area (TPSA) is 76.3 Å². The van der Waals surface area contributed by atoms with E-state index in [4.69, 9.17) is 0 Å². The number of nitrogens with zero attached hydrogens (tertiary/aromatic N) is 6. The minimum absolute atomic E-state index is 0.139. The molecule has 0 bridgehead atoms. The van der Waals surface area contributed by atoms with Gasteiger partial charge in [-0.25, -0.2) is 23.3 Å². The Morgan fingerprint density at radius 3 is 2.84 bits per heavy atom. The van der Waals surface area contributed by atoms with Gasteiger partial charge in [0.1, 0.15) is 17.7 Å². The van der Waals surface area contributed by atoms with Crippen LogP contribution in [0.25, 0.3) is 16.7 Å². The molecule has 0 N–H and O–H groups in total. The first-order valence-electron chi connectivity index (χ1n) is 10.1. The highest BCUT2D eigenvalue weighted by Crippen LogP contribution is 2.34. The molecule has 0 spiro atoms. The van der Waals surface area contributed by atoms with Gasteiger partial charge in [-0.05, 0) is 30.5 Å². The summed E-state index contributed by atoms with van der Waals surface area (Å²) in [6.45, 7) is 3.03.